The molecule has 1 aromatic carbocycles. The molecule has 0 aromatic heterocycles. The number of rotatable bonds is 13. The summed E-state index contributed by atoms with van der Waals surface area (Å²) in [7, 11) is -5.46. The molecule has 0 aliphatic heterocycles. The second kappa shape index (κ2) is 13.8. The molecule has 1 rings (SSSR count). The van der Waals surface area contributed by atoms with E-state index in [9.17, 15) is 26.0 Å². The topological polar surface area (TPSA) is 63.6 Å². The fraction of sp³-hybridized carbons (Fsp3) is 0.667. The van der Waals surface area contributed by atoms with E-state index in [0.717, 1.165) is 25.7 Å². The first-order valence-corrected chi connectivity index (χ1v) is 10.6. The zero-order chi connectivity index (χ0) is 20.4. The van der Waals surface area contributed by atoms with Gasteiger partial charge in [-0.15, -0.1) is 0 Å². The summed E-state index contributed by atoms with van der Waals surface area (Å²) in [6.07, 6.45) is 10.3. The fourth-order valence-corrected chi connectivity index (χ4v) is 3.34. The van der Waals surface area contributed by atoms with Gasteiger partial charge in [0, 0.05) is 0 Å². The van der Waals surface area contributed by atoms with E-state index in [-0.39, 0.29) is 37.6 Å². The molecule has 158 valence electrons. The Kier molecular flexibility index (Phi) is 13.6. The van der Waals surface area contributed by atoms with Crippen LogP contribution in [0.4, 0.5) is 17.6 Å². The maximum absolute atomic E-state index is 13.8. The van der Waals surface area contributed by atoms with Crippen LogP contribution in [-0.2, 0) is 10.1 Å². The molecule has 28 heavy (non-hydrogen) atoms. The molecule has 0 unspecified atom stereocenters. The molecule has 4 nitrogen and oxygen atoms in total. The number of unbranched alkanes of at least 4 members (excludes halogenated alkanes) is 9. The summed E-state index contributed by atoms with van der Waals surface area (Å²) in [5.41, 5.74) is 0. The Morgan fingerprint density at radius 2 is 1.18 bits per heavy atom. The number of hydrogen-bond acceptors (Lipinski definition) is 3. The molecular weight excluding hydrogens is 411 g/mol. The molecule has 10 heteroatoms. The number of benzene rings is 1. The Morgan fingerprint density at radius 1 is 0.786 bits per heavy atom. The fourth-order valence-electron chi connectivity index (χ4n) is 2.71. The number of hydrogen-bond donors (Lipinski definition) is 1. The third kappa shape index (κ3) is 8.57. The van der Waals surface area contributed by atoms with Gasteiger partial charge in [-0.2, -0.15) is 17.2 Å². The van der Waals surface area contributed by atoms with E-state index in [0.29, 0.717) is 6.42 Å². The van der Waals surface area contributed by atoms with Gasteiger partial charge in [-0.05, 0) is 6.42 Å². The van der Waals surface area contributed by atoms with Gasteiger partial charge >= 0.3 is 39.7 Å². The maximum Gasteiger partial charge on any atom is 1.00 e. The number of halogens is 4. The first-order valence-electron chi connectivity index (χ1n) is 9.18. The van der Waals surface area contributed by atoms with Crippen molar-refractivity contribution < 1.29 is 66.3 Å². The van der Waals surface area contributed by atoms with Crippen LogP contribution in [0.2, 0.25) is 0 Å². The molecule has 0 aliphatic rings. The van der Waals surface area contributed by atoms with Crippen LogP contribution < -0.4 is 34.3 Å². The van der Waals surface area contributed by atoms with Crippen LogP contribution in [0, 0.1) is 23.3 Å². The van der Waals surface area contributed by atoms with Gasteiger partial charge in [0.1, 0.15) is 0 Å². The second-order valence-electron chi connectivity index (χ2n) is 6.42. The Balaban J connectivity index is 0. The molecule has 0 aliphatic carbocycles. The third-order valence-electron chi connectivity index (χ3n) is 4.19. The van der Waals surface area contributed by atoms with Crippen molar-refractivity contribution in [1.29, 1.82) is 0 Å². The first kappa shape index (κ1) is 27.6. The third-order valence-corrected chi connectivity index (χ3v) is 5.06. The first-order chi connectivity index (χ1) is 12.7. The number of ether oxygens (including phenoxy) is 1. The zero-order valence-electron chi connectivity index (χ0n) is 17.4. The summed E-state index contributed by atoms with van der Waals surface area (Å²) in [5.74, 6) is -9.74. The van der Waals surface area contributed by atoms with Crippen LogP contribution in [0.1, 0.15) is 72.6 Å². The van der Waals surface area contributed by atoms with Gasteiger partial charge in [0.2, 0.25) is 11.6 Å². The monoisotopic (exact) mass is 438 g/mol. The molecule has 0 saturated carbocycles. The molecule has 1 aromatic rings. The standard InChI is InChI=1S/C18H26F4O4S.Na.H/c1-2-3-4-5-6-7-8-9-10-11-12-26-17-13(19)15(21)18(27(23,24)25)16(22)14(17)20;;/h2-12H2,1H3,(H,23,24,25);;/q;+1;-1. The summed E-state index contributed by atoms with van der Waals surface area (Å²) in [4.78, 5) is -2.07. The summed E-state index contributed by atoms with van der Waals surface area (Å²) >= 11 is 0. The van der Waals surface area contributed by atoms with Crippen LogP contribution in [0.25, 0.3) is 0 Å². The van der Waals surface area contributed by atoms with Crippen LogP contribution >= 0.6 is 0 Å². The predicted molar refractivity (Wildman–Crippen MR) is 94.5 cm³/mol. The molecular formula is C18H27F4NaO4S. The molecule has 0 bridgehead atoms. The minimum absolute atomic E-state index is 0. The average Bonchev–Trinajstić information content (AvgIpc) is 2.59. The van der Waals surface area contributed by atoms with Crippen molar-refractivity contribution in [3.05, 3.63) is 23.3 Å². The van der Waals surface area contributed by atoms with Gasteiger partial charge in [0.05, 0.1) is 6.61 Å². The molecule has 0 atom stereocenters. The van der Waals surface area contributed by atoms with Crippen molar-refractivity contribution in [3.8, 4) is 5.75 Å². The van der Waals surface area contributed by atoms with E-state index in [4.69, 9.17) is 9.29 Å². The minimum atomic E-state index is -5.46. The zero-order valence-corrected chi connectivity index (χ0v) is 19.2. The van der Waals surface area contributed by atoms with Gasteiger partial charge in [-0.3, -0.25) is 4.55 Å². The maximum atomic E-state index is 13.8. The van der Waals surface area contributed by atoms with E-state index < -0.39 is 44.0 Å². The molecule has 0 spiro atoms. The Labute approximate surface area is 187 Å². The van der Waals surface area contributed by atoms with E-state index >= 15 is 0 Å². The Morgan fingerprint density at radius 3 is 1.57 bits per heavy atom. The van der Waals surface area contributed by atoms with Crippen LogP contribution in [-0.4, -0.2) is 19.6 Å². The van der Waals surface area contributed by atoms with Crippen molar-refractivity contribution in [2.24, 2.45) is 0 Å². The minimum Gasteiger partial charge on any atom is -1.00 e. The van der Waals surface area contributed by atoms with E-state index in [1.807, 2.05) is 0 Å². The summed E-state index contributed by atoms with van der Waals surface area (Å²) in [5, 5.41) is 0. The SMILES string of the molecule is CCCCCCCCCCCCOc1c(F)c(F)c(S(=O)(=O)O)c(F)c1F.[H-].[Na+]. The normalized spacial score (nSPS) is 11.4. The summed E-state index contributed by atoms with van der Waals surface area (Å²) < 4.78 is 89.9. The van der Waals surface area contributed by atoms with E-state index in [2.05, 4.69) is 6.92 Å². The van der Waals surface area contributed by atoms with Gasteiger partial charge in [-0.25, -0.2) is 8.78 Å². The second-order valence-corrected chi connectivity index (χ2v) is 7.78. The van der Waals surface area contributed by atoms with Gasteiger partial charge in [0.15, 0.2) is 22.3 Å². The van der Waals surface area contributed by atoms with Crippen molar-refractivity contribution in [2.75, 3.05) is 6.61 Å². The molecule has 0 heterocycles. The Hall–Kier alpha value is -0.350. The molecule has 0 fully saturated rings. The van der Waals surface area contributed by atoms with Crippen molar-refractivity contribution in [2.45, 2.75) is 76.0 Å². The smallest absolute Gasteiger partial charge is 1.00 e. The molecule has 1 N–H and O–H groups in total. The largest absolute Gasteiger partial charge is 1.00 e. The quantitative estimate of drug-likeness (QED) is 0.169. The van der Waals surface area contributed by atoms with Crippen LogP contribution in [0.15, 0.2) is 4.90 Å². The Bertz CT molecular complexity index is 691. The van der Waals surface area contributed by atoms with E-state index in [1.54, 1.807) is 0 Å². The molecule has 0 amide bonds. The molecule has 0 saturated heterocycles. The van der Waals surface area contributed by atoms with Gasteiger partial charge < -0.3 is 6.16 Å². The van der Waals surface area contributed by atoms with Crippen molar-refractivity contribution in [1.82, 2.24) is 0 Å². The summed E-state index contributed by atoms with van der Waals surface area (Å²) in [6.45, 7) is 1.99. The van der Waals surface area contributed by atoms with Crippen molar-refractivity contribution >= 4 is 10.1 Å². The van der Waals surface area contributed by atoms with Gasteiger partial charge in [-0.1, -0.05) is 64.7 Å². The predicted octanol–water partition coefficient (Wildman–Crippen LogP) is 2.91. The van der Waals surface area contributed by atoms with Crippen LogP contribution in [0.5, 0.6) is 5.75 Å². The average molecular weight is 438 g/mol. The van der Waals surface area contributed by atoms with E-state index in [1.165, 1.54) is 32.1 Å². The van der Waals surface area contributed by atoms with Crippen LogP contribution in [0.3, 0.4) is 0 Å². The molecule has 0 radical (unpaired) electrons. The van der Waals surface area contributed by atoms with Gasteiger partial charge in [0.25, 0.3) is 0 Å². The van der Waals surface area contributed by atoms with Crippen molar-refractivity contribution in [3.63, 3.8) is 0 Å². The summed E-state index contributed by atoms with van der Waals surface area (Å²) in [6, 6.07) is 0.